The molecule has 0 aromatic heterocycles. The van der Waals surface area contributed by atoms with E-state index in [1.165, 1.54) is 0 Å². The van der Waals surface area contributed by atoms with Crippen LogP contribution >= 0.6 is 11.8 Å². The fourth-order valence-electron chi connectivity index (χ4n) is 2.42. The molecule has 1 aromatic carbocycles. The van der Waals surface area contributed by atoms with Crippen molar-refractivity contribution in [1.29, 1.82) is 0 Å². The summed E-state index contributed by atoms with van der Waals surface area (Å²) in [5.74, 6) is 1.20. The number of carbonyl (C=O) groups is 1. The zero-order valence-electron chi connectivity index (χ0n) is 10.8. The first kappa shape index (κ1) is 13.4. The average Bonchev–Trinajstić information content (AvgIpc) is 2.87. The number of nitrogens with zero attached hydrogens (tertiary/aromatic N) is 1. The fraction of sp³-hybridized carbons (Fsp3) is 0.500. The van der Waals surface area contributed by atoms with Crippen LogP contribution in [0.3, 0.4) is 0 Å². The molecule has 0 saturated carbocycles. The first-order valence-corrected chi connectivity index (χ1v) is 7.74. The molecule has 4 heteroatoms. The lowest BCUT2D eigenvalue weighted by Gasteiger charge is -2.24. The van der Waals surface area contributed by atoms with Gasteiger partial charge in [0.1, 0.15) is 0 Å². The molecule has 98 valence electrons. The van der Waals surface area contributed by atoms with Crippen molar-refractivity contribution in [2.75, 3.05) is 18.6 Å². The molecule has 1 aliphatic rings. The van der Waals surface area contributed by atoms with Gasteiger partial charge in [0, 0.05) is 30.4 Å². The Balaban J connectivity index is 2.09. The molecule has 3 nitrogen and oxygen atoms in total. The normalized spacial score (nSPS) is 19.2. The monoisotopic (exact) mass is 264 g/mol. The molecule has 1 heterocycles. The maximum atomic E-state index is 12.4. The highest BCUT2D eigenvalue weighted by Gasteiger charge is 2.28. The molecule has 1 aromatic rings. The predicted octanol–water partition coefficient (Wildman–Crippen LogP) is 2.11. The van der Waals surface area contributed by atoms with Crippen LogP contribution in [0, 0.1) is 0 Å². The van der Waals surface area contributed by atoms with Crippen LogP contribution in [0.1, 0.15) is 28.8 Å². The average molecular weight is 264 g/mol. The second-order valence-corrected chi connectivity index (χ2v) is 5.56. The van der Waals surface area contributed by atoms with Gasteiger partial charge in [-0.25, -0.2) is 0 Å². The van der Waals surface area contributed by atoms with Gasteiger partial charge in [0.25, 0.3) is 5.91 Å². The van der Waals surface area contributed by atoms with E-state index in [1.807, 2.05) is 40.9 Å². The fourth-order valence-corrected chi connectivity index (χ4v) is 3.15. The lowest BCUT2D eigenvalue weighted by molar-refractivity contribution is 0.0750. The van der Waals surface area contributed by atoms with E-state index in [0.717, 1.165) is 36.3 Å². The molecule has 0 spiro atoms. The summed E-state index contributed by atoms with van der Waals surface area (Å²) in [5, 5.41) is 0. The maximum absolute atomic E-state index is 12.4. The van der Waals surface area contributed by atoms with Crippen molar-refractivity contribution < 1.29 is 4.79 Å². The topological polar surface area (TPSA) is 46.3 Å². The highest BCUT2D eigenvalue weighted by Crippen LogP contribution is 2.22. The SMILES string of the molecule is CSCC1CCCN1C(=O)c1ccc(CN)cc1. The summed E-state index contributed by atoms with van der Waals surface area (Å²) in [6, 6.07) is 8.05. The van der Waals surface area contributed by atoms with Crippen LogP contribution < -0.4 is 5.73 Å². The Hall–Kier alpha value is -1.00. The summed E-state index contributed by atoms with van der Waals surface area (Å²) in [6.07, 6.45) is 4.35. The zero-order valence-corrected chi connectivity index (χ0v) is 11.6. The van der Waals surface area contributed by atoms with Crippen LogP contribution in [-0.4, -0.2) is 35.4 Å². The molecule has 0 bridgehead atoms. The minimum atomic E-state index is 0.162. The number of hydrogen-bond acceptors (Lipinski definition) is 3. The molecular formula is C14H20N2OS. The maximum Gasteiger partial charge on any atom is 0.254 e. The quantitative estimate of drug-likeness (QED) is 0.906. The Morgan fingerprint density at radius 2 is 2.17 bits per heavy atom. The lowest BCUT2D eigenvalue weighted by Crippen LogP contribution is -2.36. The van der Waals surface area contributed by atoms with E-state index in [9.17, 15) is 4.79 Å². The number of hydrogen-bond donors (Lipinski definition) is 1. The van der Waals surface area contributed by atoms with E-state index in [1.54, 1.807) is 0 Å². The van der Waals surface area contributed by atoms with Gasteiger partial charge in [0.15, 0.2) is 0 Å². The lowest BCUT2D eigenvalue weighted by atomic mass is 10.1. The molecule has 0 radical (unpaired) electrons. The summed E-state index contributed by atoms with van der Waals surface area (Å²) >= 11 is 1.81. The summed E-state index contributed by atoms with van der Waals surface area (Å²) in [6.45, 7) is 1.41. The molecule has 1 atom stereocenters. The zero-order chi connectivity index (χ0) is 13.0. The van der Waals surface area contributed by atoms with Gasteiger partial charge in [0.05, 0.1) is 0 Å². The molecule has 1 amide bonds. The van der Waals surface area contributed by atoms with Crippen LogP contribution in [-0.2, 0) is 6.54 Å². The Morgan fingerprint density at radius 1 is 1.44 bits per heavy atom. The minimum Gasteiger partial charge on any atom is -0.335 e. The van der Waals surface area contributed by atoms with Crippen molar-refractivity contribution in [2.45, 2.75) is 25.4 Å². The van der Waals surface area contributed by atoms with Crippen molar-refractivity contribution >= 4 is 17.7 Å². The standard InChI is InChI=1S/C14H20N2OS/c1-18-10-13-3-2-8-16(13)14(17)12-6-4-11(9-15)5-7-12/h4-7,13H,2-3,8-10,15H2,1H3. The third kappa shape index (κ3) is 2.87. The van der Waals surface area contributed by atoms with Gasteiger partial charge in [-0.2, -0.15) is 11.8 Å². The van der Waals surface area contributed by atoms with Gasteiger partial charge in [0.2, 0.25) is 0 Å². The molecule has 1 unspecified atom stereocenters. The molecule has 1 aliphatic heterocycles. The highest BCUT2D eigenvalue weighted by atomic mass is 32.2. The van der Waals surface area contributed by atoms with Gasteiger partial charge in [-0.1, -0.05) is 12.1 Å². The highest BCUT2D eigenvalue weighted by molar-refractivity contribution is 7.98. The number of likely N-dealkylation sites (tertiary alicyclic amines) is 1. The summed E-state index contributed by atoms with van der Waals surface area (Å²) in [4.78, 5) is 14.4. The van der Waals surface area contributed by atoms with Crippen molar-refractivity contribution in [2.24, 2.45) is 5.73 Å². The first-order valence-electron chi connectivity index (χ1n) is 6.35. The number of carbonyl (C=O) groups excluding carboxylic acids is 1. The van der Waals surface area contributed by atoms with E-state index in [0.29, 0.717) is 12.6 Å². The number of amides is 1. The van der Waals surface area contributed by atoms with Gasteiger partial charge in [-0.15, -0.1) is 0 Å². The van der Waals surface area contributed by atoms with Crippen molar-refractivity contribution in [3.05, 3.63) is 35.4 Å². The summed E-state index contributed by atoms with van der Waals surface area (Å²) in [5.41, 5.74) is 7.40. The van der Waals surface area contributed by atoms with Gasteiger partial charge in [-0.3, -0.25) is 4.79 Å². The van der Waals surface area contributed by atoms with Gasteiger partial charge in [-0.05, 0) is 36.8 Å². The minimum absolute atomic E-state index is 0.162. The van der Waals surface area contributed by atoms with Crippen LogP contribution in [0.2, 0.25) is 0 Å². The largest absolute Gasteiger partial charge is 0.335 e. The van der Waals surface area contributed by atoms with Crippen molar-refractivity contribution in [3.63, 3.8) is 0 Å². The number of nitrogens with two attached hydrogens (primary N) is 1. The van der Waals surface area contributed by atoms with Crippen LogP contribution in [0.4, 0.5) is 0 Å². The Bertz CT molecular complexity index is 405. The molecule has 1 saturated heterocycles. The number of thioether (sulfide) groups is 1. The molecule has 18 heavy (non-hydrogen) atoms. The van der Waals surface area contributed by atoms with Crippen LogP contribution in [0.15, 0.2) is 24.3 Å². The Labute approximate surface area is 113 Å². The second kappa shape index (κ2) is 6.25. The van der Waals surface area contributed by atoms with Crippen molar-refractivity contribution in [3.8, 4) is 0 Å². The smallest absolute Gasteiger partial charge is 0.254 e. The van der Waals surface area contributed by atoms with E-state index in [-0.39, 0.29) is 5.91 Å². The van der Waals surface area contributed by atoms with Crippen molar-refractivity contribution in [1.82, 2.24) is 4.90 Å². The Morgan fingerprint density at radius 3 is 2.78 bits per heavy atom. The molecular weight excluding hydrogens is 244 g/mol. The van der Waals surface area contributed by atoms with Gasteiger partial charge >= 0.3 is 0 Å². The second-order valence-electron chi connectivity index (χ2n) is 4.65. The third-order valence-corrected chi connectivity index (χ3v) is 4.15. The van der Waals surface area contributed by atoms with Crippen LogP contribution in [0.5, 0.6) is 0 Å². The van der Waals surface area contributed by atoms with E-state index < -0.39 is 0 Å². The molecule has 2 rings (SSSR count). The third-order valence-electron chi connectivity index (χ3n) is 3.43. The summed E-state index contributed by atoms with van der Waals surface area (Å²) in [7, 11) is 0. The van der Waals surface area contributed by atoms with E-state index >= 15 is 0 Å². The van der Waals surface area contributed by atoms with E-state index in [4.69, 9.17) is 5.73 Å². The number of benzene rings is 1. The van der Waals surface area contributed by atoms with E-state index in [2.05, 4.69) is 6.26 Å². The Kier molecular flexibility index (Phi) is 4.66. The number of rotatable bonds is 4. The molecule has 0 aliphatic carbocycles. The first-order chi connectivity index (χ1) is 8.76. The predicted molar refractivity (Wildman–Crippen MR) is 76.8 cm³/mol. The molecule has 1 fully saturated rings. The van der Waals surface area contributed by atoms with Gasteiger partial charge < -0.3 is 10.6 Å². The van der Waals surface area contributed by atoms with Crippen LogP contribution in [0.25, 0.3) is 0 Å². The molecule has 2 N–H and O–H groups in total. The summed E-state index contributed by atoms with van der Waals surface area (Å²) < 4.78 is 0.